The molecule has 1 atom stereocenters. The standard InChI is InChI=1S/C36H36N6O2/c1-25-20-26(2)31-22-32(36(43)37-33(31)21-25)34(35-38-39-40-42(35)19-18-27-10-6-4-7-11-27)41(23-28-12-8-5-9-13-28)24-29-14-16-30(44-3)17-15-29/h4-17,20-22,34H,18-19,23-24H2,1-3H3,(H,37,43). The number of tetrazole rings is 1. The Morgan fingerprint density at radius 2 is 1.50 bits per heavy atom. The van der Waals surface area contributed by atoms with E-state index in [2.05, 4.69) is 74.8 Å². The number of aromatic amines is 1. The van der Waals surface area contributed by atoms with Crippen molar-refractivity contribution in [2.24, 2.45) is 0 Å². The fraction of sp³-hybridized carbons (Fsp3) is 0.222. The number of H-pyrrole nitrogens is 1. The number of hydrogen-bond acceptors (Lipinski definition) is 6. The highest BCUT2D eigenvalue weighted by Gasteiger charge is 2.31. The van der Waals surface area contributed by atoms with E-state index in [0.29, 0.717) is 31.0 Å². The van der Waals surface area contributed by atoms with Gasteiger partial charge in [0.2, 0.25) is 0 Å². The van der Waals surface area contributed by atoms with Crippen LogP contribution in [0.25, 0.3) is 10.9 Å². The molecule has 0 aliphatic carbocycles. The fourth-order valence-corrected chi connectivity index (χ4v) is 5.86. The molecule has 6 rings (SSSR count). The molecule has 0 spiro atoms. The van der Waals surface area contributed by atoms with Crippen molar-refractivity contribution < 1.29 is 4.74 Å². The fourth-order valence-electron chi connectivity index (χ4n) is 5.86. The Labute approximate surface area is 256 Å². The molecule has 6 aromatic rings. The van der Waals surface area contributed by atoms with Crippen LogP contribution in [-0.4, -0.2) is 37.2 Å². The Morgan fingerprint density at radius 3 is 2.18 bits per heavy atom. The van der Waals surface area contributed by atoms with Crippen LogP contribution in [0, 0.1) is 13.8 Å². The highest BCUT2D eigenvalue weighted by Crippen LogP contribution is 2.31. The van der Waals surface area contributed by atoms with E-state index in [1.807, 2.05) is 72.3 Å². The van der Waals surface area contributed by atoms with Crippen molar-refractivity contribution >= 4 is 10.9 Å². The summed E-state index contributed by atoms with van der Waals surface area (Å²) in [6.07, 6.45) is 0.759. The summed E-state index contributed by atoms with van der Waals surface area (Å²) in [7, 11) is 1.66. The molecule has 0 bridgehead atoms. The summed E-state index contributed by atoms with van der Waals surface area (Å²) in [5.41, 5.74) is 6.87. The first kappa shape index (κ1) is 29.0. The second-order valence-corrected chi connectivity index (χ2v) is 11.2. The number of methoxy groups -OCH3 is 1. The van der Waals surface area contributed by atoms with Gasteiger partial charge in [0.1, 0.15) is 11.8 Å². The summed E-state index contributed by atoms with van der Waals surface area (Å²) in [6.45, 7) is 5.83. The minimum Gasteiger partial charge on any atom is -0.497 e. The van der Waals surface area contributed by atoms with Crippen molar-refractivity contribution in [2.45, 2.75) is 45.9 Å². The number of benzene rings is 4. The number of ether oxygens (including phenoxy) is 1. The number of aromatic nitrogens is 5. The molecule has 1 unspecified atom stereocenters. The SMILES string of the molecule is COc1ccc(CN(Cc2ccccc2)C(c2cc3c(C)cc(C)cc3[nH]c2=O)c2nnnn2CCc2ccccc2)cc1. The zero-order chi connectivity index (χ0) is 30.5. The number of nitrogens with one attached hydrogen (secondary N) is 1. The van der Waals surface area contributed by atoms with Gasteiger partial charge in [-0.15, -0.1) is 5.10 Å². The summed E-state index contributed by atoms with van der Waals surface area (Å²) in [5.74, 6) is 1.42. The third-order valence-electron chi connectivity index (χ3n) is 8.03. The number of aryl methyl sites for hydroxylation is 4. The Morgan fingerprint density at radius 1 is 0.841 bits per heavy atom. The van der Waals surface area contributed by atoms with Gasteiger partial charge in [0.15, 0.2) is 5.82 Å². The quantitative estimate of drug-likeness (QED) is 0.196. The minimum atomic E-state index is -0.531. The first-order chi connectivity index (χ1) is 21.5. The molecular formula is C36H36N6O2. The third kappa shape index (κ3) is 6.45. The van der Waals surface area contributed by atoms with Crippen LogP contribution in [0.1, 0.15) is 45.2 Å². The molecule has 0 amide bonds. The van der Waals surface area contributed by atoms with Crippen LogP contribution in [0.3, 0.4) is 0 Å². The maximum absolute atomic E-state index is 14.0. The monoisotopic (exact) mass is 584 g/mol. The predicted octanol–water partition coefficient (Wildman–Crippen LogP) is 6.17. The summed E-state index contributed by atoms with van der Waals surface area (Å²) in [4.78, 5) is 19.5. The van der Waals surface area contributed by atoms with Crippen LogP contribution in [0.2, 0.25) is 0 Å². The number of nitrogens with zero attached hydrogens (tertiary/aromatic N) is 5. The van der Waals surface area contributed by atoms with Crippen molar-refractivity contribution in [1.29, 1.82) is 0 Å². The Kier molecular flexibility index (Phi) is 8.61. The minimum absolute atomic E-state index is 0.155. The van der Waals surface area contributed by atoms with Gasteiger partial charge >= 0.3 is 0 Å². The third-order valence-corrected chi connectivity index (χ3v) is 8.03. The van der Waals surface area contributed by atoms with Gasteiger partial charge in [-0.05, 0) is 82.8 Å². The summed E-state index contributed by atoms with van der Waals surface area (Å²) in [6, 6.07) is 34.3. The number of rotatable bonds is 11. The van der Waals surface area contributed by atoms with Crippen molar-refractivity contribution in [3.8, 4) is 5.75 Å². The van der Waals surface area contributed by atoms with E-state index in [9.17, 15) is 4.79 Å². The van der Waals surface area contributed by atoms with E-state index in [1.54, 1.807) is 7.11 Å². The molecule has 8 nitrogen and oxygen atoms in total. The second kappa shape index (κ2) is 13.1. The average molecular weight is 585 g/mol. The molecule has 222 valence electrons. The lowest BCUT2D eigenvalue weighted by Crippen LogP contribution is -2.35. The molecule has 0 saturated carbocycles. The highest BCUT2D eigenvalue weighted by molar-refractivity contribution is 5.83. The topological polar surface area (TPSA) is 88.9 Å². The Hall–Kier alpha value is -5.08. The first-order valence-electron chi connectivity index (χ1n) is 14.8. The molecule has 0 radical (unpaired) electrons. The smallest absolute Gasteiger partial charge is 0.253 e. The van der Waals surface area contributed by atoms with Crippen molar-refractivity contribution in [3.05, 3.63) is 153 Å². The molecule has 0 fully saturated rings. The Balaban J connectivity index is 1.50. The molecule has 0 aliphatic heterocycles. The van der Waals surface area contributed by atoms with Crippen LogP contribution in [0.5, 0.6) is 5.75 Å². The largest absolute Gasteiger partial charge is 0.497 e. The van der Waals surface area contributed by atoms with E-state index >= 15 is 0 Å². The van der Waals surface area contributed by atoms with Gasteiger partial charge in [0.05, 0.1) is 7.11 Å². The zero-order valence-electron chi connectivity index (χ0n) is 25.3. The van der Waals surface area contributed by atoms with E-state index < -0.39 is 6.04 Å². The normalized spacial score (nSPS) is 12.1. The number of hydrogen-bond donors (Lipinski definition) is 1. The van der Waals surface area contributed by atoms with Crippen LogP contribution in [0.15, 0.2) is 108 Å². The maximum Gasteiger partial charge on any atom is 0.253 e. The summed E-state index contributed by atoms with van der Waals surface area (Å²) >= 11 is 0. The second-order valence-electron chi connectivity index (χ2n) is 11.2. The molecule has 44 heavy (non-hydrogen) atoms. The highest BCUT2D eigenvalue weighted by atomic mass is 16.5. The maximum atomic E-state index is 14.0. The lowest BCUT2D eigenvalue weighted by Gasteiger charge is -2.31. The summed E-state index contributed by atoms with van der Waals surface area (Å²) in [5, 5.41) is 14.1. The lowest BCUT2D eigenvalue weighted by molar-refractivity contribution is 0.193. The van der Waals surface area contributed by atoms with Crippen molar-refractivity contribution in [3.63, 3.8) is 0 Å². The molecule has 2 aromatic heterocycles. The van der Waals surface area contributed by atoms with Crippen molar-refractivity contribution in [1.82, 2.24) is 30.1 Å². The molecule has 8 heteroatoms. The molecular weight excluding hydrogens is 548 g/mol. The van der Waals surface area contributed by atoms with Gasteiger partial charge in [-0.1, -0.05) is 78.9 Å². The average Bonchev–Trinajstić information content (AvgIpc) is 3.50. The van der Waals surface area contributed by atoms with Crippen LogP contribution >= 0.6 is 0 Å². The van der Waals surface area contributed by atoms with E-state index in [1.165, 1.54) is 5.56 Å². The van der Waals surface area contributed by atoms with Gasteiger partial charge in [0, 0.05) is 36.1 Å². The predicted molar refractivity (Wildman–Crippen MR) is 173 cm³/mol. The molecule has 1 N–H and O–H groups in total. The van der Waals surface area contributed by atoms with E-state index in [4.69, 9.17) is 4.74 Å². The van der Waals surface area contributed by atoms with Crippen LogP contribution < -0.4 is 10.3 Å². The van der Waals surface area contributed by atoms with Crippen LogP contribution in [0.4, 0.5) is 0 Å². The molecule has 0 saturated heterocycles. The lowest BCUT2D eigenvalue weighted by atomic mass is 9.99. The van der Waals surface area contributed by atoms with Gasteiger partial charge in [-0.3, -0.25) is 9.69 Å². The molecule has 4 aromatic carbocycles. The van der Waals surface area contributed by atoms with Gasteiger partial charge < -0.3 is 9.72 Å². The van der Waals surface area contributed by atoms with Gasteiger partial charge in [-0.2, -0.15) is 0 Å². The summed E-state index contributed by atoms with van der Waals surface area (Å²) < 4.78 is 7.25. The van der Waals surface area contributed by atoms with Gasteiger partial charge in [-0.25, -0.2) is 4.68 Å². The Bertz CT molecular complexity index is 1900. The first-order valence-corrected chi connectivity index (χ1v) is 14.8. The number of pyridine rings is 1. The van der Waals surface area contributed by atoms with Crippen LogP contribution in [-0.2, 0) is 26.1 Å². The van der Waals surface area contributed by atoms with Crippen molar-refractivity contribution in [2.75, 3.05) is 7.11 Å². The molecule has 2 heterocycles. The zero-order valence-corrected chi connectivity index (χ0v) is 25.3. The van der Waals surface area contributed by atoms with E-state index in [0.717, 1.165) is 45.3 Å². The van der Waals surface area contributed by atoms with E-state index in [-0.39, 0.29) is 5.56 Å². The van der Waals surface area contributed by atoms with Gasteiger partial charge in [0.25, 0.3) is 5.56 Å². The number of fused-ring (bicyclic) bond motifs is 1. The molecule has 0 aliphatic rings.